The molecule has 0 saturated heterocycles. The van der Waals surface area contributed by atoms with Gasteiger partial charge in [-0.1, -0.05) is 0 Å². The summed E-state index contributed by atoms with van der Waals surface area (Å²) in [6.45, 7) is -0.705. The van der Waals surface area contributed by atoms with Gasteiger partial charge < -0.3 is 42.7 Å². The van der Waals surface area contributed by atoms with Crippen molar-refractivity contribution < 1.29 is 48.9 Å². The van der Waals surface area contributed by atoms with Gasteiger partial charge >= 0.3 is 17.9 Å². The van der Waals surface area contributed by atoms with Crippen molar-refractivity contribution in [3.63, 3.8) is 0 Å². The Balaban J connectivity index is 4.91. The van der Waals surface area contributed by atoms with Crippen LogP contribution in [0.5, 0.6) is 0 Å². The molecule has 0 aromatic carbocycles. The number of rotatable bonds is 16. The Morgan fingerprint density at radius 2 is 1.25 bits per heavy atom. The lowest BCUT2D eigenvalue weighted by Crippen LogP contribution is -2.53. The van der Waals surface area contributed by atoms with E-state index < -0.39 is 72.6 Å². The third kappa shape index (κ3) is 12.7. The third-order valence-corrected chi connectivity index (χ3v) is 4.02. The van der Waals surface area contributed by atoms with Crippen molar-refractivity contribution in [2.24, 2.45) is 11.5 Å². The number of hydrogen-bond donors (Lipinski definition) is 8. The van der Waals surface area contributed by atoms with Gasteiger partial charge in [0, 0.05) is 19.3 Å². The molecule has 0 rings (SSSR count). The highest BCUT2D eigenvalue weighted by Crippen LogP contribution is 2.02. The van der Waals surface area contributed by atoms with E-state index in [0.717, 1.165) is 0 Å². The summed E-state index contributed by atoms with van der Waals surface area (Å²) in [4.78, 5) is 79.5. The second-order valence-electron chi connectivity index (χ2n) is 6.71. The number of nitrogens with two attached hydrogens (primary N) is 2. The molecule has 4 amide bonds. The maximum atomic E-state index is 12.3. The minimum atomic E-state index is -1.49. The molecule has 15 heteroatoms. The fraction of sp³-hybridized carbons (Fsp3) is 0.588. The molecule has 0 aliphatic heterocycles. The molecule has 0 bridgehead atoms. The number of carboxylic acids is 3. The Morgan fingerprint density at radius 1 is 0.719 bits per heavy atom. The molecule has 32 heavy (non-hydrogen) atoms. The molecule has 0 aliphatic carbocycles. The first kappa shape index (κ1) is 28.2. The lowest BCUT2D eigenvalue weighted by atomic mass is 10.1. The van der Waals surface area contributed by atoms with Crippen LogP contribution in [0, 0.1) is 0 Å². The summed E-state index contributed by atoms with van der Waals surface area (Å²) >= 11 is 0. The van der Waals surface area contributed by atoms with Crippen LogP contribution >= 0.6 is 0 Å². The maximum Gasteiger partial charge on any atom is 0.326 e. The molecule has 0 aliphatic rings. The fourth-order valence-electron chi connectivity index (χ4n) is 2.31. The molecule has 180 valence electrons. The highest BCUT2D eigenvalue weighted by molar-refractivity contribution is 5.93. The minimum absolute atomic E-state index is 0.208. The molecule has 0 saturated carbocycles. The molecule has 0 heterocycles. The van der Waals surface area contributed by atoms with Gasteiger partial charge in [0.05, 0.1) is 12.6 Å². The first-order chi connectivity index (χ1) is 14.8. The summed E-state index contributed by atoms with van der Waals surface area (Å²) in [5.41, 5.74) is 10.6. The molecule has 10 N–H and O–H groups in total. The molecule has 3 atom stereocenters. The molecule has 0 fully saturated rings. The van der Waals surface area contributed by atoms with E-state index in [0.29, 0.717) is 0 Å². The lowest BCUT2D eigenvalue weighted by Gasteiger charge is -2.20. The van der Waals surface area contributed by atoms with E-state index in [-0.39, 0.29) is 32.1 Å². The summed E-state index contributed by atoms with van der Waals surface area (Å²) in [5.74, 6) is -7.37. The number of primary amides is 1. The van der Waals surface area contributed by atoms with Crippen molar-refractivity contribution in [2.75, 3.05) is 6.54 Å². The third-order valence-electron chi connectivity index (χ3n) is 4.02. The van der Waals surface area contributed by atoms with E-state index in [2.05, 4.69) is 10.6 Å². The number of nitrogens with one attached hydrogen (secondary N) is 3. The van der Waals surface area contributed by atoms with Gasteiger partial charge in [0.2, 0.25) is 23.6 Å². The van der Waals surface area contributed by atoms with E-state index >= 15 is 0 Å². The quantitative estimate of drug-likeness (QED) is 0.112. The molecule has 0 aromatic heterocycles. The largest absolute Gasteiger partial charge is 0.481 e. The predicted molar refractivity (Wildman–Crippen MR) is 105 cm³/mol. The van der Waals surface area contributed by atoms with Gasteiger partial charge in [-0.2, -0.15) is 0 Å². The van der Waals surface area contributed by atoms with Crippen LogP contribution in [0.15, 0.2) is 0 Å². The average molecular weight is 461 g/mol. The highest BCUT2D eigenvalue weighted by Gasteiger charge is 2.26. The zero-order valence-corrected chi connectivity index (χ0v) is 17.0. The Bertz CT molecular complexity index is 741. The van der Waals surface area contributed by atoms with Crippen LogP contribution in [0.3, 0.4) is 0 Å². The molecule has 15 nitrogen and oxygen atoms in total. The van der Waals surface area contributed by atoms with Crippen LogP contribution < -0.4 is 27.4 Å². The van der Waals surface area contributed by atoms with Crippen LogP contribution in [0.1, 0.15) is 38.5 Å². The summed E-state index contributed by atoms with van der Waals surface area (Å²) in [6.07, 6.45) is -2.02. The van der Waals surface area contributed by atoms with Crippen LogP contribution in [0.4, 0.5) is 0 Å². The second kappa shape index (κ2) is 14.3. The van der Waals surface area contributed by atoms with E-state index in [9.17, 15) is 33.6 Å². The van der Waals surface area contributed by atoms with Crippen molar-refractivity contribution in [1.82, 2.24) is 16.0 Å². The van der Waals surface area contributed by atoms with Gasteiger partial charge in [0.1, 0.15) is 12.1 Å². The van der Waals surface area contributed by atoms with Gasteiger partial charge in [-0.3, -0.25) is 28.8 Å². The van der Waals surface area contributed by atoms with Gasteiger partial charge in [0.15, 0.2) is 0 Å². The van der Waals surface area contributed by atoms with Gasteiger partial charge in [-0.15, -0.1) is 0 Å². The molecule has 0 radical (unpaired) electrons. The maximum absolute atomic E-state index is 12.3. The van der Waals surface area contributed by atoms with Crippen LogP contribution in [-0.2, 0) is 33.6 Å². The van der Waals surface area contributed by atoms with Crippen molar-refractivity contribution >= 4 is 41.5 Å². The first-order valence-electron chi connectivity index (χ1n) is 9.41. The van der Waals surface area contributed by atoms with Gasteiger partial charge in [0.25, 0.3) is 0 Å². The predicted octanol–water partition coefficient (Wildman–Crippen LogP) is -3.52. The first-order valence-corrected chi connectivity index (χ1v) is 9.41. The summed E-state index contributed by atoms with van der Waals surface area (Å²) in [7, 11) is 0. The summed E-state index contributed by atoms with van der Waals surface area (Å²) < 4.78 is 0. The number of carbonyl (C=O) groups is 7. The average Bonchev–Trinajstić information content (AvgIpc) is 2.69. The van der Waals surface area contributed by atoms with Gasteiger partial charge in [-0.25, -0.2) is 4.79 Å². The second-order valence-corrected chi connectivity index (χ2v) is 6.71. The lowest BCUT2D eigenvalue weighted by molar-refractivity contribution is -0.143. The smallest absolute Gasteiger partial charge is 0.326 e. The standard InChI is InChI=1S/C17H27N5O10/c18-8(1-5-13(25)26)15(29)22-9(2-4-11(19)23)16(30)20-7-12(24)21-10(17(31)32)3-6-14(27)28/h8-10H,1-7,18H2,(H2,19,23)(H,20,30)(H,21,24)(H,22,29)(H,25,26)(H,27,28)(H,31,32). The molecular formula is C17H27N5O10. The van der Waals surface area contributed by atoms with Crippen molar-refractivity contribution in [3.8, 4) is 0 Å². The summed E-state index contributed by atoms with van der Waals surface area (Å²) in [5, 5.41) is 32.7. The molecule has 0 spiro atoms. The fourth-order valence-corrected chi connectivity index (χ4v) is 2.31. The normalized spacial score (nSPS) is 13.2. The number of hydrogen-bond acceptors (Lipinski definition) is 8. The SMILES string of the molecule is NC(=O)CCC(NC(=O)C(N)CCC(=O)O)C(=O)NCC(=O)NC(CCC(=O)O)C(=O)O. The van der Waals surface area contributed by atoms with Crippen LogP contribution in [0.25, 0.3) is 0 Å². The van der Waals surface area contributed by atoms with E-state index in [4.69, 9.17) is 26.8 Å². The van der Waals surface area contributed by atoms with Crippen molar-refractivity contribution in [2.45, 2.75) is 56.7 Å². The van der Waals surface area contributed by atoms with Crippen molar-refractivity contribution in [3.05, 3.63) is 0 Å². The van der Waals surface area contributed by atoms with E-state index in [1.54, 1.807) is 0 Å². The van der Waals surface area contributed by atoms with Crippen LogP contribution in [0.2, 0.25) is 0 Å². The number of carboxylic acid groups (broad SMARTS) is 3. The molecule has 0 aromatic rings. The van der Waals surface area contributed by atoms with E-state index in [1.165, 1.54) is 0 Å². The Morgan fingerprint density at radius 3 is 1.75 bits per heavy atom. The monoisotopic (exact) mass is 461 g/mol. The van der Waals surface area contributed by atoms with Crippen LogP contribution in [-0.4, -0.2) is 81.5 Å². The number of carbonyl (C=O) groups excluding carboxylic acids is 4. The van der Waals surface area contributed by atoms with E-state index in [1.807, 2.05) is 5.32 Å². The number of aliphatic carboxylic acids is 3. The minimum Gasteiger partial charge on any atom is -0.481 e. The molecule has 3 unspecified atom stereocenters. The highest BCUT2D eigenvalue weighted by atomic mass is 16.4. The topological polar surface area (TPSA) is 268 Å². The van der Waals surface area contributed by atoms with Gasteiger partial charge in [-0.05, 0) is 19.3 Å². The zero-order valence-electron chi connectivity index (χ0n) is 17.0. The van der Waals surface area contributed by atoms with Crippen molar-refractivity contribution in [1.29, 1.82) is 0 Å². The molecular weight excluding hydrogens is 434 g/mol. The number of amides is 4. The summed E-state index contributed by atoms with van der Waals surface area (Å²) in [6, 6.07) is -4.07. The zero-order chi connectivity index (χ0) is 24.8. The Labute approximate surface area is 181 Å². The Hall–Kier alpha value is -3.75. The Kier molecular flexibility index (Phi) is 12.6.